The summed E-state index contributed by atoms with van der Waals surface area (Å²) in [6.45, 7) is 2.16. The number of benzene rings is 1. The van der Waals surface area contributed by atoms with Crippen molar-refractivity contribution < 1.29 is 9.18 Å². The molecule has 4 rings (SSSR count). The lowest BCUT2D eigenvalue weighted by atomic mass is 10.1. The van der Waals surface area contributed by atoms with Crippen LogP contribution >= 0.6 is 0 Å². The van der Waals surface area contributed by atoms with Crippen LogP contribution in [0.1, 0.15) is 48.4 Å². The van der Waals surface area contributed by atoms with E-state index in [1.807, 2.05) is 29.8 Å². The van der Waals surface area contributed by atoms with Gasteiger partial charge in [-0.15, -0.1) is 0 Å². The van der Waals surface area contributed by atoms with Gasteiger partial charge in [-0.3, -0.25) is 14.1 Å². The van der Waals surface area contributed by atoms with Crippen LogP contribution in [-0.2, 0) is 0 Å². The first-order valence-corrected chi connectivity index (χ1v) is 11.2. The number of pyridine rings is 1. The van der Waals surface area contributed by atoms with E-state index in [4.69, 9.17) is 10.7 Å². The lowest BCUT2D eigenvalue weighted by molar-refractivity contribution is 0.0992. The highest BCUT2D eigenvalue weighted by Crippen LogP contribution is 2.31. The van der Waals surface area contributed by atoms with Gasteiger partial charge in [0.05, 0.1) is 6.04 Å². The third-order valence-electron chi connectivity index (χ3n) is 5.88. The predicted octanol–water partition coefficient (Wildman–Crippen LogP) is 4.24. The maximum atomic E-state index is 13.5. The van der Waals surface area contributed by atoms with E-state index in [9.17, 15) is 9.18 Å². The van der Waals surface area contributed by atoms with E-state index < -0.39 is 5.82 Å². The van der Waals surface area contributed by atoms with Crippen molar-refractivity contribution >= 4 is 23.1 Å². The molecule has 0 aliphatic carbocycles. The maximum Gasteiger partial charge on any atom is 0.259 e. The van der Waals surface area contributed by atoms with E-state index in [0.717, 1.165) is 36.2 Å². The Bertz CT molecular complexity index is 1300. The molecule has 3 aromatic heterocycles. The van der Waals surface area contributed by atoms with Crippen LogP contribution in [0.15, 0.2) is 55.0 Å². The predicted molar refractivity (Wildman–Crippen MR) is 131 cm³/mol. The second-order valence-corrected chi connectivity index (χ2v) is 8.11. The second kappa shape index (κ2) is 9.96. The highest BCUT2D eigenvalue weighted by atomic mass is 19.1. The number of nitrogen functional groups attached to an aromatic ring is 1. The molecule has 8 nitrogen and oxygen atoms in total. The molecular formula is C25H28FN7O. The number of imidazole rings is 1. The van der Waals surface area contributed by atoms with Crippen LogP contribution in [-0.4, -0.2) is 39.4 Å². The number of anilines is 2. The Hall–Kier alpha value is -3.85. The van der Waals surface area contributed by atoms with Gasteiger partial charge in [-0.05, 0) is 31.7 Å². The minimum atomic E-state index is -0.451. The number of aromatic nitrogens is 4. The van der Waals surface area contributed by atoms with Crippen molar-refractivity contribution in [3.8, 4) is 11.3 Å². The third-order valence-corrected chi connectivity index (χ3v) is 5.88. The first kappa shape index (κ1) is 23.3. The molecule has 0 fully saturated rings. The summed E-state index contributed by atoms with van der Waals surface area (Å²) in [4.78, 5) is 27.5. The number of hydrogen-bond donors (Lipinski definition) is 2. The van der Waals surface area contributed by atoms with Gasteiger partial charge < -0.3 is 11.1 Å². The van der Waals surface area contributed by atoms with Crippen LogP contribution < -0.4 is 16.0 Å². The zero-order valence-electron chi connectivity index (χ0n) is 19.5. The topological polar surface area (TPSA) is 101 Å². The zero-order valence-corrected chi connectivity index (χ0v) is 19.5. The number of rotatable bonds is 8. The van der Waals surface area contributed by atoms with Crippen molar-refractivity contribution in [2.24, 2.45) is 0 Å². The van der Waals surface area contributed by atoms with Gasteiger partial charge in [0, 0.05) is 42.8 Å². The molecule has 1 aromatic carbocycles. The standard InChI is InChI=1S/C25H28FN7O/c1-4-5-6-19(28-2)24-31-21(22-23(27)30-13-14-33(22)24)16-7-9-17(10-8-16)25(34)32(3)20-15-18(26)11-12-29-20/h7-15,19,28H,4-6H2,1-3H3,(H2,27,30)/t19-/m0/s1. The van der Waals surface area contributed by atoms with Crippen molar-refractivity contribution in [1.29, 1.82) is 0 Å². The van der Waals surface area contributed by atoms with Crippen molar-refractivity contribution in [1.82, 2.24) is 24.7 Å². The van der Waals surface area contributed by atoms with E-state index in [-0.39, 0.29) is 17.8 Å². The number of hydrogen-bond acceptors (Lipinski definition) is 6. The molecule has 0 unspecified atom stereocenters. The van der Waals surface area contributed by atoms with E-state index >= 15 is 0 Å². The smallest absolute Gasteiger partial charge is 0.259 e. The number of nitrogens with one attached hydrogen (secondary N) is 1. The molecule has 1 amide bonds. The fraction of sp³-hybridized carbons (Fsp3) is 0.280. The SMILES string of the molecule is CCCC[C@H](NC)c1nc(-c2ccc(C(=O)N(C)c3cc(F)ccn3)cc2)c2c(N)nccn12. The van der Waals surface area contributed by atoms with Crippen LogP contribution in [0.2, 0.25) is 0 Å². The molecule has 1 atom stereocenters. The van der Waals surface area contributed by atoms with Crippen molar-refractivity contribution in [2.75, 3.05) is 24.7 Å². The van der Waals surface area contributed by atoms with Crippen molar-refractivity contribution in [2.45, 2.75) is 32.2 Å². The molecule has 176 valence electrons. The number of halogens is 1. The van der Waals surface area contributed by atoms with Crippen molar-refractivity contribution in [3.05, 3.63) is 72.2 Å². The quantitative estimate of drug-likeness (QED) is 0.407. The van der Waals surface area contributed by atoms with E-state index in [1.165, 1.54) is 23.2 Å². The van der Waals surface area contributed by atoms with E-state index in [2.05, 4.69) is 22.2 Å². The lowest BCUT2D eigenvalue weighted by Crippen LogP contribution is -2.27. The Kier molecular flexibility index (Phi) is 6.83. The monoisotopic (exact) mass is 461 g/mol. The highest BCUT2D eigenvalue weighted by Gasteiger charge is 2.22. The Morgan fingerprint density at radius 2 is 1.97 bits per heavy atom. The fourth-order valence-electron chi connectivity index (χ4n) is 3.99. The van der Waals surface area contributed by atoms with E-state index in [1.54, 1.807) is 25.4 Å². The average molecular weight is 462 g/mol. The zero-order chi connectivity index (χ0) is 24.2. The summed E-state index contributed by atoms with van der Waals surface area (Å²) in [6, 6.07) is 9.63. The molecule has 34 heavy (non-hydrogen) atoms. The minimum Gasteiger partial charge on any atom is -0.382 e. The highest BCUT2D eigenvalue weighted by molar-refractivity contribution is 6.05. The molecule has 0 aliphatic rings. The Labute approximate surface area is 197 Å². The minimum absolute atomic E-state index is 0.0660. The number of nitrogens with zero attached hydrogens (tertiary/aromatic N) is 5. The molecule has 0 saturated carbocycles. The maximum absolute atomic E-state index is 13.5. The summed E-state index contributed by atoms with van der Waals surface area (Å²) >= 11 is 0. The Balaban J connectivity index is 1.69. The second-order valence-electron chi connectivity index (χ2n) is 8.11. The average Bonchev–Trinajstić information content (AvgIpc) is 3.24. The molecular weight excluding hydrogens is 433 g/mol. The van der Waals surface area contributed by atoms with Crippen LogP contribution in [0.5, 0.6) is 0 Å². The van der Waals surface area contributed by atoms with Gasteiger partial charge in [-0.1, -0.05) is 31.9 Å². The number of amides is 1. The lowest BCUT2D eigenvalue weighted by Gasteiger charge is -2.16. The molecule has 9 heteroatoms. The molecule has 0 bridgehead atoms. The Morgan fingerprint density at radius 3 is 2.65 bits per heavy atom. The number of carbonyl (C=O) groups is 1. The molecule has 0 spiro atoms. The number of unbranched alkanes of at least 4 members (excludes halogenated alkanes) is 1. The first-order chi connectivity index (χ1) is 16.4. The summed E-state index contributed by atoms with van der Waals surface area (Å²) < 4.78 is 15.5. The summed E-state index contributed by atoms with van der Waals surface area (Å²) in [5, 5.41) is 3.36. The van der Waals surface area contributed by atoms with Gasteiger partial charge >= 0.3 is 0 Å². The molecule has 4 aromatic rings. The molecule has 3 N–H and O–H groups in total. The molecule has 0 radical (unpaired) electrons. The summed E-state index contributed by atoms with van der Waals surface area (Å²) in [7, 11) is 3.49. The number of nitrogens with two attached hydrogens (primary N) is 1. The van der Waals surface area contributed by atoms with Gasteiger partial charge in [-0.25, -0.2) is 19.3 Å². The molecule has 0 aliphatic heterocycles. The summed E-state index contributed by atoms with van der Waals surface area (Å²) in [5.41, 5.74) is 8.95. The normalized spacial score (nSPS) is 12.1. The van der Waals surface area contributed by atoms with Crippen LogP contribution in [0, 0.1) is 5.82 Å². The van der Waals surface area contributed by atoms with Gasteiger partial charge in [0.15, 0.2) is 0 Å². The Morgan fingerprint density at radius 1 is 1.21 bits per heavy atom. The summed E-state index contributed by atoms with van der Waals surface area (Å²) in [5.74, 6) is 0.747. The summed E-state index contributed by atoms with van der Waals surface area (Å²) in [6.07, 6.45) is 7.97. The first-order valence-electron chi connectivity index (χ1n) is 11.2. The van der Waals surface area contributed by atoms with Gasteiger partial charge in [0.2, 0.25) is 0 Å². The fourth-order valence-corrected chi connectivity index (χ4v) is 3.99. The largest absolute Gasteiger partial charge is 0.382 e. The van der Waals surface area contributed by atoms with Gasteiger partial charge in [0.25, 0.3) is 5.91 Å². The van der Waals surface area contributed by atoms with Gasteiger partial charge in [0.1, 0.15) is 34.5 Å². The van der Waals surface area contributed by atoms with Gasteiger partial charge in [-0.2, -0.15) is 0 Å². The van der Waals surface area contributed by atoms with E-state index in [0.29, 0.717) is 17.1 Å². The molecule has 3 heterocycles. The molecule has 0 saturated heterocycles. The third kappa shape index (κ3) is 4.47. The van der Waals surface area contributed by atoms with Crippen molar-refractivity contribution in [3.63, 3.8) is 0 Å². The van der Waals surface area contributed by atoms with Crippen LogP contribution in [0.4, 0.5) is 16.0 Å². The van der Waals surface area contributed by atoms with Crippen LogP contribution in [0.3, 0.4) is 0 Å². The number of carbonyl (C=O) groups excluding carboxylic acids is 1. The number of fused-ring (bicyclic) bond motifs is 1. The van der Waals surface area contributed by atoms with Crippen LogP contribution in [0.25, 0.3) is 16.8 Å².